The molecule has 19 heavy (non-hydrogen) atoms. The first-order valence-corrected chi connectivity index (χ1v) is 7.73. The van der Waals surface area contributed by atoms with Crippen molar-refractivity contribution in [2.75, 3.05) is 18.0 Å². The Morgan fingerprint density at radius 3 is 2.32 bits per heavy atom. The maximum atomic E-state index is 6.44. The summed E-state index contributed by atoms with van der Waals surface area (Å²) in [6.45, 7) is 11.8. The van der Waals surface area contributed by atoms with Crippen LogP contribution in [0.2, 0.25) is 5.02 Å². The van der Waals surface area contributed by atoms with Gasteiger partial charge >= 0.3 is 0 Å². The van der Waals surface area contributed by atoms with E-state index in [0.29, 0.717) is 6.04 Å². The highest BCUT2D eigenvalue weighted by Crippen LogP contribution is 2.30. The van der Waals surface area contributed by atoms with E-state index in [9.17, 15) is 0 Å². The van der Waals surface area contributed by atoms with Crippen LogP contribution in [0.4, 0.5) is 5.69 Å². The van der Waals surface area contributed by atoms with Crippen LogP contribution in [0.3, 0.4) is 0 Å². The Balaban J connectivity index is 2.99. The topological polar surface area (TPSA) is 15.3 Å². The Labute approximate surface area is 123 Å². The van der Waals surface area contributed by atoms with Crippen LogP contribution in [0.5, 0.6) is 0 Å². The van der Waals surface area contributed by atoms with Crippen LogP contribution in [0.1, 0.15) is 46.1 Å². The van der Waals surface area contributed by atoms with Gasteiger partial charge in [0.05, 0.1) is 10.7 Å². The van der Waals surface area contributed by atoms with Crippen molar-refractivity contribution in [1.29, 1.82) is 0 Å². The Morgan fingerprint density at radius 1 is 1.16 bits per heavy atom. The predicted molar refractivity (Wildman–Crippen MR) is 86.2 cm³/mol. The first-order valence-electron chi connectivity index (χ1n) is 7.35. The highest BCUT2D eigenvalue weighted by molar-refractivity contribution is 6.33. The number of rotatable bonds is 8. The molecule has 1 aromatic rings. The normalized spacial score (nSPS) is 11.1. The Hall–Kier alpha value is -0.730. The van der Waals surface area contributed by atoms with Gasteiger partial charge in [0.2, 0.25) is 0 Å². The lowest BCUT2D eigenvalue weighted by atomic mass is 10.1. The maximum absolute atomic E-state index is 6.44. The quantitative estimate of drug-likeness (QED) is 0.757. The van der Waals surface area contributed by atoms with Gasteiger partial charge in [0.25, 0.3) is 0 Å². The zero-order chi connectivity index (χ0) is 14.3. The number of hydrogen-bond donors (Lipinski definition) is 1. The van der Waals surface area contributed by atoms with Gasteiger partial charge in [-0.3, -0.25) is 0 Å². The molecule has 0 aliphatic heterocycles. The third-order valence-electron chi connectivity index (χ3n) is 3.07. The molecule has 2 nitrogen and oxygen atoms in total. The first-order chi connectivity index (χ1) is 9.10. The van der Waals surface area contributed by atoms with Gasteiger partial charge in [-0.05, 0) is 24.5 Å². The highest BCUT2D eigenvalue weighted by Gasteiger charge is 2.13. The van der Waals surface area contributed by atoms with Crippen LogP contribution in [-0.4, -0.2) is 19.1 Å². The average molecular weight is 283 g/mol. The lowest BCUT2D eigenvalue weighted by Crippen LogP contribution is -2.28. The summed E-state index contributed by atoms with van der Waals surface area (Å²) in [5.74, 6) is 0. The SMILES string of the molecule is CCCN(CCC)c1c(Cl)cccc1CNC(C)C. The molecule has 0 aliphatic carbocycles. The molecular formula is C16H27ClN2. The van der Waals surface area contributed by atoms with E-state index in [1.54, 1.807) is 0 Å². The van der Waals surface area contributed by atoms with Crippen molar-refractivity contribution < 1.29 is 0 Å². The summed E-state index contributed by atoms with van der Waals surface area (Å²) in [5, 5.41) is 4.35. The number of nitrogens with one attached hydrogen (secondary N) is 1. The molecule has 0 radical (unpaired) electrons. The maximum Gasteiger partial charge on any atom is 0.0642 e. The van der Waals surface area contributed by atoms with Crippen LogP contribution in [0, 0.1) is 0 Å². The number of para-hydroxylation sites is 1. The fraction of sp³-hybridized carbons (Fsp3) is 0.625. The fourth-order valence-corrected chi connectivity index (χ4v) is 2.56. The first kappa shape index (κ1) is 16.3. The van der Waals surface area contributed by atoms with Gasteiger partial charge in [0.15, 0.2) is 0 Å². The van der Waals surface area contributed by atoms with Crippen molar-refractivity contribution >= 4 is 17.3 Å². The number of halogens is 1. The fourth-order valence-electron chi connectivity index (χ4n) is 2.25. The molecule has 3 heteroatoms. The third-order valence-corrected chi connectivity index (χ3v) is 3.38. The molecule has 0 saturated heterocycles. The van der Waals surface area contributed by atoms with Gasteiger partial charge < -0.3 is 10.2 Å². The van der Waals surface area contributed by atoms with E-state index in [1.165, 1.54) is 11.3 Å². The summed E-state index contributed by atoms with van der Waals surface area (Å²) < 4.78 is 0. The zero-order valence-electron chi connectivity index (χ0n) is 12.7. The smallest absolute Gasteiger partial charge is 0.0642 e. The van der Waals surface area contributed by atoms with E-state index in [1.807, 2.05) is 12.1 Å². The molecule has 0 atom stereocenters. The molecule has 108 valence electrons. The minimum atomic E-state index is 0.484. The number of anilines is 1. The molecule has 0 amide bonds. The highest BCUT2D eigenvalue weighted by atomic mass is 35.5. The molecule has 1 N–H and O–H groups in total. The molecule has 0 aliphatic rings. The second-order valence-electron chi connectivity index (χ2n) is 5.27. The average Bonchev–Trinajstić information content (AvgIpc) is 2.36. The zero-order valence-corrected chi connectivity index (χ0v) is 13.4. The Kier molecular flexibility index (Phi) is 7.25. The van der Waals surface area contributed by atoms with E-state index in [4.69, 9.17) is 11.6 Å². The third kappa shape index (κ3) is 5.04. The number of benzene rings is 1. The van der Waals surface area contributed by atoms with Gasteiger partial charge in [-0.15, -0.1) is 0 Å². The van der Waals surface area contributed by atoms with Gasteiger partial charge in [0.1, 0.15) is 0 Å². The molecule has 0 saturated carbocycles. The molecule has 0 aromatic heterocycles. The second-order valence-corrected chi connectivity index (χ2v) is 5.68. The van der Waals surface area contributed by atoms with Crippen LogP contribution < -0.4 is 10.2 Å². The molecular weight excluding hydrogens is 256 g/mol. The Morgan fingerprint density at radius 2 is 1.79 bits per heavy atom. The summed E-state index contributed by atoms with van der Waals surface area (Å²) in [6.07, 6.45) is 2.28. The van der Waals surface area contributed by atoms with E-state index >= 15 is 0 Å². The predicted octanol–water partition coefficient (Wildman–Crippen LogP) is 4.46. The van der Waals surface area contributed by atoms with Crippen molar-refractivity contribution in [2.45, 2.75) is 53.1 Å². The van der Waals surface area contributed by atoms with Gasteiger partial charge in [-0.1, -0.05) is 51.4 Å². The van der Waals surface area contributed by atoms with Crippen LogP contribution >= 0.6 is 11.6 Å². The van der Waals surface area contributed by atoms with Gasteiger partial charge in [-0.25, -0.2) is 0 Å². The summed E-state index contributed by atoms with van der Waals surface area (Å²) in [4.78, 5) is 2.42. The van der Waals surface area contributed by atoms with Crippen molar-refractivity contribution in [3.05, 3.63) is 28.8 Å². The monoisotopic (exact) mass is 282 g/mol. The number of nitrogens with zero attached hydrogens (tertiary/aromatic N) is 1. The van der Waals surface area contributed by atoms with Crippen LogP contribution in [0.15, 0.2) is 18.2 Å². The van der Waals surface area contributed by atoms with Crippen molar-refractivity contribution in [1.82, 2.24) is 5.32 Å². The molecule has 1 aromatic carbocycles. The van der Waals surface area contributed by atoms with Crippen LogP contribution in [0.25, 0.3) is 0 Å². The lowest BCUT2D eigenvalue weighted by molar-refractivity contribution is 0.587. The minimum Gasteiger partial charge on any atom is -0.370 e. The minimum absolute atomic E-state index is 0.484. The molecule has 0 spiro atoms. The lowest BCUT2D eigenvalue weighted by Gasteiger charge is -2.28. The van der Waals surface area contributed by atoms with Gasteiger partial charge in [0, 0.05) is 25.7 Å². The summed E-state index contributed by atoms with van der Waals surface area (Å²) >= 11 is 6.44. The molecule has 0 unspecified atom stereocenters. The van der Waals surface area contributed by atoms with E-state index in [2.05, 4.69) is 44.0 Å². The summed E-state index contributed by atoms with van der Waals surface area (Å²) in [7, 11) is 0. The molecule has 0 fully saturated rings. The van der Waals surface area contributed by atoms with E-state index < -0.39 is 0 Å². The molecule has 0 heterocycles. The van der Waals surface area contributed by atoms with Crippen molar-refractivity contribution in [2.24, 2.45) is 0 Å². The number of hydrogen-bond acceptors (Lipinski definition) is 2. The second kappa shape index (κ2) is 8.44. The van der Waals surface area contributed by atoms with Crippen molar-refractivity contribution in [3.63, 3.8) is 0 Å². The van der Waals surface area contributed by atoms with Crippen molar-refractivity contribution in [3.8, 4) is 0 Å². The summed E-state index contributed by atoms with van der Waals surface area (Å²) in [5.41, 5.74) is 2.50. The van der Waals surface area contributed by atoms with E-state index in [0.717, 1.165) is 37.5 Å². The molecule has 0 bridgehead atoms. The van der Waals surface area contributed by atoms with Gasteiger partial charge in [-0.2, -0.15) is 0 Å². The summed E-state index contributed by atoms with van der Waals surface area (Å²) in [6, 6.07) is 6.69. The largest absolute Gasteiger partial charge is 0.370 e. The molecule has 1 rings (SSSR count). The van der Waals surface area contributed by atoms with E-state index in [-0.39, 0.29) is 0 Å². The Bertz CT molecular complexity index is 371. The standard InChI is InChI=1S/C16H27ClN2/c1-5-10-19(11-6-2)16-14(12-18-13(3)4)8-7-9-15(16)17/h7-9,13,18H,5-6,10-12H2,1-4H3. The van der Waals surface area contributed by atoms with Crippen LogP contribution in [-0.2, 0) is 6.54 Å².